The number of rotatable bonds is 6. The molecule has 1 unspecified atom stereocenters. The molecule has 0 amide bonds. The largest absolute Gasteiger partial charge is 0.457 e. The summed E-state index contributed by atoms with van der Waals surface area (Å²) in [6.07, 6.45) is 0.339. The lowest BCUT2D eigenvalue weighted by atomic mass is 9.84. The average molecular weight is 415 g/mol. The van der Waals surface area contributed by atoms with Crippen LogP contribution in [0.2, 0.25) is 0 Å². The van der Waals surface area contributed by atoms with Gasteiger partial charge in [0.25, 0.3) is 0 Å². The van der Waals surface area contributed by atoms with Crippen LogP contribution in [0.4, 0.5) is 0 Å². The zero-order chi connectivity index (χ0) is 21.2. The third kappa shape index (κ3) is 3.70. The van der Waals surface area contributed by atoms with Crippen LogP contribution < -0.4 is 0 Å². The third-order valence-corrected chi connectivity index (χ3v) is 7.50. The first-order valence-electron chi connectivity index (χ1n) is 10.2. The van der Waals surface area contributed by atoms with Crippen LogP contribution in [0.5, 0.6) is 0 Å². The summed E-state index contributed by atoms with van der Waals surface area (Å²) < 4.78 is 4.93. The highest BCUT2D eigenvalue weighted by Gasteiger charge is 2.48. The maximum atomic E-state index is 12.1. The SMILES string of the molecule is C=C1CC(C(C)(C)SC(c2ccccc2)(c2ccccc2)c2ccccc2)OC1=O. The Labute approximate surface area is 183 Å². The predicted molar refractivity (Wildman–Crippen MR) is 125 cm³/mol. The van der Waals surface area contributed by atoms with E-state index in [2.05, 4.69) is 93.2 Å². The number of hydrogen-bond donors (Lipinski definition) is 0. The normalized spacial score (nSPS) is 17.1. The van der Waals surface area contributed by atoms with E-state index in [1.165, 1.54) is 16.7 Å². The zero-order valence-electron chi connectivity index (χ0n) is 17.4. The van der Waals surface area contributed by atoms with Crippen molar-refractivity contribution in [2.75, 3.05) is 0 Å². The summed E-state index contributed by atoms with van der Waals surface area (Å²) in [5.74, 6) is -0.279. The van der Waals surface area contributed by atoms with E-state index < -0.39 is 4.75 Å². The molecule has 30 heavy (non-hydrogen) atoms. The molecule has 2 nitrogen and oxygen atoms in total. The van der Waals surface area contributed by atoms with Crippen molar-refractivity contribution in [3.63, 3.8) is 0 Å². The topological polar surface area (TPSA) is 26.3 Å². The molecule has 3 aromatic carbocycles. The van der Waals surface area contributed by atoms with Gasteiger partial charge >= 0.3 is 5.97 Å². The fourth-order valence-corrected chi connectivity index (χ4v) is 5.92. The molecular weight excluding hydrogens is 388 g/mol. The molecule has 0 N–H and O–H groups in total. The number of esters is 1. The number of hydrogen-bond acceptors (Lipinski definition) is 3. The van der Waals surface area contributed by atoms with E-state index in [9.17, 15) is 4.79 Å². The molecule has 0 aromatic heterocycles. The van der Waals surface area contributed by atoms with Crippen LogP contribution >= 0.6 is 11.8 Å². The summed E-state index contributed by atoms with van der Waals surface area (Å²) in [4.78, 5) is 12.1. The van der Waals surface area contributed by atoms with Crippen LogP contribution in [-0.4, -0.2) is 16.8 Å². The molecular formula is C27H26O2S. The Bertz CT molecular complexity index is 914. The highest BCUT2D eigenvalue weighted by Crippen LogP contribution is 2.55. The molecule has 152 valence electrons. The Hall–Kier alpha value is -2.78. The van der Waals surface area contributed by atoms with Crippen molar-refractivity contribution in [1.29, 1.82) is 0 Å². The second-order valence-corrected chi connectivity index (χ2v) is 10.1. The fraction of sp³-hybridized carbons (Fsp3) is 0.222. The van der Waals surface area contributed by atoms with Gasteiger partial charge in [-0.05, 0) is 30.5 Å². The van der Waals surface area contributed by atoms with E-state index in [1.807, 2.05) is 30.0 Å². The van der Waals surface area contributed by atoms with E-state index in [-0.39, 0.29) is 16.8 Å². The molecule has 0 spiro atoms. The van der Waals surface area contributed by atoms with Gasteiger partial charge in [-0.3, -0.25) is 0 Å². The van der Waals surface area contributed by atoms with Gasteiger partial charge in [0.05, 0.1) is 4.75 Å². The molecule has 3 heteroatoms. The quantitative estimate of drug-likeness (QED) is 0.267. The Balaban J connectivity index is 1.91. The minimum atomic E-state index is -0.455. The predicted octanol–water partition coefficient (Wildman–Crippen LogP) is 6.36. The molecule has 1 aliphatic rings. The zero-order valence-corrected chi connectivity index (χ0v) is 18.2. The van der Waals surface area contributed by atoms with Crippen LogP contribution in [-0.2, 0) is 14.3 Å². The highest BCUT2D eigenvalue weighted by molar-refractivity contribution is 8.02. The van der Waals surface area contributed by atoms with Crippen LogP contribution in [0.1, 0.15) is 37.0 Å². The van der Waals surface area contributed by atoms with Gasteiger partial charge in [-0.25, -0.2) is 4.79 Å². The van der Waals surface area contributed by atoms with Crippen LogP contribution in [0, 0.1) is 0 Å². The molecule has 0 bridgehead atoms. The summed E-state index contributed by atoms with van der Waals surface area (Å²) in [7, 11) is 0. The summed E-state index contributed by atoms with van der Waals surface area (Å²) in [5.41, 5.74) is 4.15. The van der Waals surface area contributed by atoms with Crippen LogP contribution in [0.15, 0.2) is 103 Å². The molecule has 1 atom stereocenters. The molecule has 0 saturated carbocycles. The van der Waals surface area contributed by atoms with E-state index in [0.717, 1.165) is 0 Å². The summed E-state index contributed by atoms with van der Waals surface area (Å²) in [5, 5.41) is 0. The van der Waals surface area contributed by atoms with Gasteiger partial charge in [0.1, 0.15) is 6.10 Å². The Morgan fingerprint density at radius 3 is 1.53 bits per heavy atom. The van der Waals surface area contributed by atoms with Crippen molar-refractivity contribution in [3.05, 3.63) is 120 Å². The lowest BCUT2D eigenvalue weighted by Crippen LogP contribution is -2.39. The minimum Gasteiger partial charge on any atom is -0.457 e. The van der Waals surface area contributed by atoms with Crippen molar-refractivity contribution >= 4 is 17.7 Å². The van der Waals surface area contributed by atoms with Crippen molar-refractivity contribution in [2.45, 2.75) is 35.9 Å². The van der Waals surface area contributed by atoms with Crippen molar-refractivity contribution in [1.82, 2.24) is 0 Å². The van der Waals surface area contributed by atoms with E-state index >= 15 is 0 Å². The van der Waals surface area contributed by atoms with E-state index in [1.54, 1.807) is 0 Å². The summed E-state index contributed by atoms with van der Waals surface area (Å²) in [6, 6.07) is 31.7. The molecule has 0 radical (unpaired) electrons. The standard InChI is InChI=1S/C27H26O2S/c1-20-19-24(29-25(20)28)26(2,3)30-27(21-13-7-4-8-14-21,22-15-9-5-10-16-22)23-17-11-6-12-18-23/h4-18,24H,1,19H2,2-3H3. The molecule has 3 aromatic rings. The van der Waals surface area contributed by atoms with Gasteiger partial charge in [0.2, 0.25) is 0 Å². The first kappa shape index (κ1) is 20.5. The van der Waals surface area contributed by atoms with Gasteiger partial charge in [0.15, 0.2) is 0 Å². The van der Waals surface area contributed by atoms with Crippen LogP contribution in [0.25, 0.3) is 0 Å². The Morgan fingerprint density at radius 1 is 0.800 bits per heavy atom. The molecule has 1 saturated heterocycles. The maximum Gasteiger partial charge on any atom is 0.333 e. The molecule has 4 rings (SSSR count). The lowest BCUT2D eigenvalue weighted by Gasteiger charge is -2.43. The lowest BCUT2D eigenvalue weighted by molar-refractivity contribution is -0.139. The van der Waals surface area contributed by atoms with E-state index in [4.69, 9.17) is 4.74 Å². The van der Waals surface area contributed by atoms with Gasteiger partial charge in [-0.2, -0.15) is 0 Å². The van der Waals surface area contributed by atoms with Gasteiger partial charge < -0.3 is 4.74 Å². The Kier molecular flexibility index (Phi) is 5.57. The van der Waals surface area contributed by atoms with Crippen LogP contribution in [0.3, 0.4) is 0 Å². The third-order valence-electron chi connectivity index (χ3n) is 5.70. The minimum absolute atomic E-state index is 0.224. The fourth-order valence-electron chi connectivity index (χ4n) is 4.10. The maximum absolute atomic E-state index is 12.1. The first-order valence-corrected chi connectivity index (χ1v) is 11.0. The molecule has 1 heterocycles. The summed E-state index contributed by atoms with van der Waals surface area (Å²) >= 11 is 1.84. The number of cyclic esters (lactones) is 1. The van der Waals surface area contributed by atoms with Gasteiger partial charge in [-0.1, -0.05) is 97.6 Å². The number of benzene rings is 3. The van der Waals surface area contributed by atoms with E-state index in [0.29, 0.717) is 12.0 Å². The second kappa shape index (κ2) is 8.16. The van der Waals surface area contributed by atoms with Crippen molar-refractivity contribution in [3.8, 4) is 0 Å². The number of ether oxygens (including phenoxy) is 1. The summed E-state index contributed by atoms with van der Waals surface area (Å²) in [6.45, 7) is 8.22. The monoisotopic (exact) mass is 414 g/mol. The number of carbonyl (C=O) groups is 1. The van der Waals surface area contributed by atoms with Gasteiger partial charge in [-0.15, -0.1) is 11.8 Å². The van der Waals surface area contributed by atoms with Gasteiger partial charge in [0, 0.05) is 16.7 Å². The number of carbonyl (C=O) groups excluding carboxylic acids is 1. The number of thioether (sulfide) groups is 1. The second-order valence-electron chi connectivity index (χ2n) is 8.19. The smallest absolute Gasteiger partial charge is 0.333 e. The average Bonchev–Trinajstić information content (AvgIpc) is 3.13. The van der Waals surface area contributed by atoms with Crippen molar-refractivity contribution in [2.24, 2.45) is 0 Å². The van der Waals surface area contributed by atoms with Crippen molar-refractivity contribution < 1.29 is 9.53 Å². The first-order chi connectivity index (χ1) is 14.4. The highest BCUT2D eigenvalue weighted by atomic mass is 32.2. The Morgan fingerprint density at radius 2 is 1.20 bits per heavy atom. The molecule has 1 aliphatic heterocycles. The molecule has 0 aliphatic carbocycles. The molecule has 1 fully saturated rings.